The molecule has 0 aliphatic rings. The fourth-order valence-electron chi connectivity index (χ4n) is 2.45. The number of thioether (sulfide) groups is 2. The van der Waals surface area contributed by atoms with Crippen molar-refractivity contribution < 1.29 is 9.47 Å². The van der Waals surface area contributed by atoms with Crippen LogP contribution in [0.15, 0.2) is 41.7 Å². The van der Waals surface area contributed by atoms with Crippen LogP contribution in [0.5, 0.6) is 11.5 Å². The minimum Gasteiger partial charge on any atom is -0.495 e. The highest BCUT2D eigenvalue weighted by Crippen LogP contribution is 2.21. The summed E-state index contributed by atoms with van der Waals surface area (Å²) in [7, 11) is 3.27. The number of methoxy groups -OCH3 is 2. The molecule has 0 aromatic carbocycles. The Kier molecular flexibility index (Phi) is 10.7. The van der Waals surface area contributed by atoms with Crippen LogP contribution in [0.4, 0.5) is 0 Å². The van der Waals surface area contributed by atoms with Gasteiger partial charge in [0.05, 0.1) is 32.2 Å². The number of hydrogen-bond donors (Lipinski definition) is 1. The zero-order valence-electron chi connectivity index (χ0n) is 17.2. The quantitative estimate of drug-likeness (QED) is 0.173. The third-order valence-corrected chi connectivity index (χ3v) is 5.88. The molecule has 30 heavy (non-hydrogen) atoms. The van der Waals surface area contributed by atoms with Gasteiger partial charge < -0.3 is 15.2 Å². The summed E-state index contributed by atoms with van der Waals surface area (Å²) in [5.74, 6) is 4.72. The van der Waals surface area contributed by atoms with Crippen molar-refractivity contribution in [3.8, 4) is 17.7 Å². The SMILES string of the molecule is COc1cccnc1CSCCN=C(N)N(C#N)CCSCc1ncccc1OC. The van der Waals surface area contributed by atoms with Gasteiger partial charge in [0.15, 0.2) is 6.19 Å². The van der Waals surface area contributed by atoms with E-state index in [1.165, 1.54) is 4.90 Å². The van der Waals surface area contributed by atoms with Crippen molar-refractivity contribution in [2.45, 2.75) is 11.5 Å². The first kappa shape index (κ1) is 23.6. The molecule has 10 heteroatoms. The number of aromatic nitrogens is 2. The Labute approximate surface area is 185 Å². The van der Waals surface area contributed by atoms with E-state index >= 15 is 0 Å². The minimum atomic E-state index is 0.240. The molecule has 2 rings (SSSR count). The number of guanidine groups is 1. The van der Waals surface area contributed by atoms with Crippen LogP contribution >= 0.6 is 23.5 Å². The Morgan fingerprint density at radius 3 is 2.17 bits per heavy atom. The lowest BCUT2D eigenvalue weighted by Crippen LogP contribution is -2.35. The molecule has 2 aromatic heterocycles. The molecular formula is C20H26N6O2S2. The van der Waals surface area contributed by atoms with Gasteiger partial charge >= 0.3 is 0 Å². The van der Waals surface area contributed by atoms with Gasteiger partial charge in [-0.2, -0.15) is 28.8 Å². The smallest absolute Gasteiger partial charge is 0.204 e. The number of pyridine rings is 2. The third kappa shape index (κ3) is 7.65. The van der Waals surface area contributed by atoms with Gasteiger partial charge in [0, 0.05) is 41.9 Å². The molecule has 160 valence electrons. The highest BCUT2D eigenvalue weighted by Gasteiger charge is 2.08. The molecule has 2 aromatic rings. The molecule has 0 radical (unpaired) electrons. The van der Waals surface area contributed by atoms with Crippen molar-refractivity contribution in [2.75, 3.05) is 38.8 Å². The molecule has 0 atom stereocenters. The first-order valence-electron chi connectivity index (χ1n) is 9.28. The van der Waals surface area contributed by atoms with Gasteiger partial charge in [-0.05, 0) is 24.3 Å². The minimum absolute atomic E-state index is 0.240. The van der Waals surface area contributed by atoms with E-state index in [1.807, 2.05) is 24.3 Å². The fourth-order valence-corrected chi connectivity index (χ4v) is 4.10. The van der Waals surface area contributed by atoms with E-state index in [0.29, 0.717) is 18.8 Å². The second-order valence-corrected chi connectivity index (χ2v) is 8.11. The lowest BCUT2D eigenvalue weighted by Gasteiger charge is -2.14. The lowest BCUT2D eigenvalue weighted by molar-refractivity contribution is 0.409. The molecule has 0 spiro atoms. The van der Waals surface area contributed by atoms with Gasteiger partial charge in [-0.25, -0.2) is 4.90 Å². The van der Waals surface area contributed by atoms with Crippen LogP contribution in [-0.2, 0) is 11.5 Å². The lowest BCUT2D eigenvalue weighted by atomic mass is 10.3. The molecular weight excluding hydrogens is 420 g/mol. The number of ether oxygens (including phenoxy) is 2. The summed E-state index contributed by atoms with van der Waals surface area (Å²) in [6, 6.07) is 7.47. The van der Waals surface area contributed by atoms with E-state index in [1.54, 1.807) is 50.1 Å². The monoisotopic (exact) mass is 446 g/mol. The molecule has 8 nitrogen and oxygen atoms in total. The van der Waals surface area contributed by atoms with Crippen molar-refractivity contribution >= 4 is 29.5 Å². The van der Waals surface area contributed by atoms with Crippen molar-refractivity contribution in [1.82, 2.24) is 14.9 Å². The first-order chi connectivity index (χ1) is 14.7. The molecule has 2 N–H and O–H groups in total. The standard InChI is InChI=1S/C20H26N6O2S2/c1-27-18-5-3-7-23-16(18)13-29-11-9-25-20(22)26(15-21)10-12-30-14-17-19(28-2)6-4-8-24-17/h3-8H,9-14H2,1-2H3,(H2,22,25). The summed E-state index contributed by atoms with van der Waals surface area (Å²) in [6.45, 7) is 1.02. The predicted molar refractivity (Wildman–Crippen MR) is 123 cm³/mol. The van der Waals surface area contributed by atoms with Crippen molar-refractivity contribution in [3.05, 3.63) is 48.0 Å². The molecule has 0 aliphatic heterocycles. The second kappa shape index (κ2) is 13.6. The Hall–Kier alpha value is -2.64. The van der Waals surface area contributed by atoms with Crippen LogP contribution in [0.2, 0.25) is 0 Å². The molecule has 0 fully saturated rings. The Balaban J connectivity index is 1.70. The summed E-state index contributed by atoms with van der Waals surface area (Å²) in [4.78, 5) is 14.4. The van der Waals surface area contributed by atoms with E-state index in [9.17, 15) is 5.26 Å². The van der Waals surface area contributed by atoms with Crippen LogP contribution in [0, 0.1) is 11.5 Å². The first-order valence-corrected chi connectivity index (χ1v) is 11.6. The maximum Gasteiger partial charge on any atom is 0.204 e. The number of hydrogen-bond acceptors (Lipinski definition) is 8. The highest BCUT2D eigenvalue weighted by molar-refractivity contribution is 7.98. The van der Waals surface area contributed by atoms with E-state index in [4.69, 9.17) is 15.2 Å². The second-order valence-electron chi connectivity index (χ2n) is 5.90. The van der Waals surface area contributed by atoms with Crippen molar-refractivity contribution in [3.63, 3.8) is 0 Å². The Morgan fingerprint density at radius 1 is 1.07 bits per heavy atom. The van der Waals surface area contributed by atoms with E-state index in [2.05, 4.69) is 21.2 Å². The number of nitriles is 1. The average molecular weight is 447 g/mol. The molecule has 0 aliphatic carbocycles. The zero-order chi connectivity index (χ0) is 21.6. The molecule has 0 saturated heterocycles. The van der Waals surface area contributed by atoms with Crippen LogP contribution in [0.1, 0.15) is 11.4 Å². The molecule has 0 bridgehead atoms. The van der Waals surface area contributed by atoms with Crippen LogP contribution in [-0.4, -0.2) is 59.6 Å². The van der Waals surface area contributed by atoms with Crippen LogP contribution in [0.25, 0.3) is 0 Å². The Morgan fingerprint density at radius 2 is 1.63 bits per heavy atom. The maximum atomic E-state index is 9.35. The van der Waals surface area contributed by atoms with Gasteiger partial charge in [-0.3, -0.25) is 15.0 Å². The van der Waals surface area contributed by atoms with Crippen LogP contribution in [0.3, 0.4) is 0 Å². The summed E-state index contributed by atoms with van der Waals surface area (Å²) in [6.07, 6.45) is 5.59. The van der Waals surface area contributed by atoms with Gasteiger partial charge in [-0.15, -0.1) is 0 Å². The van der Waals surface area contributed by atoms with Crippen molar-refractivity contribution in [1.29, 1.82) is 5.26 Å². The number of rotatable bonds is 12. The van der Waals surface area contributed by atoms with Gasteiger partial charge in [0.25, 0.3) is 0 Å². The van der Waals surface area contributed by atoms with Crippen LogP contribution < -0.4 is 15.2 Å². The largest absolute Gasteiger partial charge is 0.495 e. The topological polar surface area (TPSA) is 110 Å². The van der Waals surface area contributed by atoms with E-state index in [-0.39, 0.29) is 5.96 Å². The molecule has 0 saturated carbocycles. The number of nitrogens with two attached hydrogens (primary N) is 1. The summed E-state index contributed by atoms with van der Waals surface area (Å²) in [5, 5.41) is 9.35. The summed E-state index contributed by atoms with van der Waals surface area (Å²) < 4.78 is 10.6. The van der Waals surface area contributed by atoms with Gasteiger partial charge in [-0.1, -0.05) is 0 Å². The predicted octanol–water partition coefficient (Wildman–Crippen LogP) is 2.76. The molecule has 0 amide bonds. The van der Waals surface area contributed by atoms with E-state index < -0.39 is 0 Å². The summed E-state index contributed by atoms with van der Waals surface area (Å²) in [5.41, 5.74) is 7.77. The van der Waals surface area contributed by atoms with Gasteiger partial charge in [0.1, 0.15) is 11.5 Å². The average Bonchev–Trinajstić information content (AvgIpc) is 2.79. The number of nitrogens with zero attached hydrogens (tertiary/aromatic N) is 5. The third-order valence-electron chi connectivity index (χ3n) is 3.98. The van der Waals surface area contributed by atoms with Gasteiger partial charge in [0.2, 0.25) is 5.96 Å². The molecule has 0 unspecified atom stereocenters. The van der Waals surface area contributed by atoms with E-state index in [0.717, 1.165) is 40.1 Å². The van der Waals surface area contributed by atoms with Crippen molar-refractivity contribution in [2.24, 2.45) is 10.7 Å². The summed E-state index contributed by atoms with van der Waals surface area (Å²) >= 11 is 3.35. The maximum absolute atomic E-state index is 9.35. The normalized spacial score (nSPS) is 11.0. The molecule has 2 heterocycles. The number of aliphatic imine (C=N–C) groups is 1. The Bertz CT molecular complexity index is 859. The highest BCUT2D eigenvalue weighted by atomic mass is 32.2. The zero-order valence-corrected chi connectivity index (χ0v) is 18.8. The fraction of sp³-hybridized carbons (Fsp3) is 0.400.